The second kappa shape index (κ2) is 5.00. The maximum Gasteiger partial charge on any atom is 0.0529 e. The van der Waals surface area contributed by atoms with E-state index in [2.05, 4.69) is 48.4 Å². The molecule has 0 aliphatic carbocycles. The molecule has 0 saturated heterocycles. The van der Waals surface area contributed by atoms with Gasteiger partial charge in [-0.15, -0.1) is 0 Å². The lowest BCUT2D eigenvalue weighted by Crippen LogP contribution is -2.03. The van der Waals surface area contributed by atoms with Crippen molar-refractivity contribution in [2.24, 2.45) is 0 Å². The third-order valence-electron chi connectivity index (χ3n) is 3.03. The van der Waals surface area contributed by atoms with E-state index >= 15 is 0 Å². The molecule has 0 amide bonds. The van der Waals surface area contributed by atoms with Crippen molar-refractivity contribution in [1.29, 1.82) is 0 Å². The molecule has 0 bridgehead atoms. The number of benzene rings is 1. The lowest BCUT2D eigenvalue weighted by molar-refractivity contribution is 1.08. The molecular weight excluding hydrogens is 208 g/mol. The van der Waals surface area contributed by atoms with Crippen LogP contribution >= 0.6 is 0 Å². The topological polar surface area (TPSA) is 24.9 Å². The highest BCUT2D eigenvalue weighted by Crippen LogP contribution is 2.15. The van der Waals surface area contributed by atoms with E-state index in [9.17, 15) is 0 Å². The summed E-state index contributed by atoms with van der Waals surface area (Å²) < 4.78 is 0. The third-order valence-corrected chi connectivity index (χ3v) is 3.03. The van der Waals surface area contributed by atoms with Gasteiger partial charge in [-0.3, -0.25) is 4.98 Å². The van der Waals surface area contributed by atoms with Gasteiger partial charge < -0.3 is 5.32 Å². The van der Waals surface area contributed by atoms with Crippen LogP contribution in [0.3, 0.4) is 0 Å². The normalized spacial score (nSPS) is 10.3. The van der Waals surface area contributed by atoms with Gasteiger partial charge in [0, 0.05) is 12.2 Å². The molecule has 0 saturated carbocycles. The molecule has 1 aromatic carbocycles. The van der Waals surface area contributed by atoms with Crippen LogP contribution in [0.2, 0.25) is 0 Å². The molecule has 1 heterocycles. The molecule has 0 fully saturated rings. The van der Waals surface area contributed by atoms with Gasteiger partial charge in [-0.25, -0.2) is 0 Å². The highest BCUT2D eigenvalue weighted by Gasteiger charge is 2.01. The number of nitrogens with zero attached hydrogens (tertiary/aromatic N) is 1. The number of aryl methyl sites for hydroxylation is 3. The fourth-order valence-electron chi connectivity index (χ4n) is 1.89. The van der Waals surface area contributed by atoms with Gasteiger partial charge in [-0.1, -0.05) is 18.2 Å². The van der Waals surface area contributed by atoms with Crippen LogP contribution in [-0.4, -0.2) is 4.98 Å². The van der Waals surface area contributed by atoms with E-state index in [0.29, 0.717) is 0 Å². The minimum atomic E-state index is 0.850. The van der Waals surface area contributed by atoms with Gasteiger partial charge in [0.2, 0.25) is 0 Å². The Morgan fingerprint density at radius 3 is 2.29 bits per heavy atom. The number of hydrogen-bond donors (Lipinski definition) is 1. The lowest BCUT2D eigenvalue weighted by atomic mass is 10.0. The molecule has 2 aromatic rings. The Bertz CT molecular complexity index is 481. The van der Waals surface area contributed by atoms with Crippen LogP contribution in [-0.2, 0) is 6.54 Å². The van der Waals surface area contributed by atoms with Crippen LogP contribution in [0, 0.1) is 20.8 Å². The van der Waals surface area contributed by atoms with Gasteiger partial charge in [-0.2, -0.15) is 0 Å². The zero-order valence-corrected chi connectivity index (χ0v) is 10.6. The van der Waals surface area contributed by atoms with Crippen molar-refractivity contribution in [3.8, 4) is 0 Å². The number of hydrogen-bond acceptors (Lipinski definition) is 2. The fourth-order valence-corrected chi connectivity index (χ4v) is 1.89. The maximum absolute atomic E-state index is 4.27. The number of pyridine rings is 1. The van der Waals surface area contributed by atoms with Crippen molar-refractivity contribution >= 4 is 5.69 Å². The smallest absolute Gasteiger partial charge is 0.0529 e. The Kier molecular flexibility index (Phi) is 3.43. The second-order valence-corrected chi connectivity index (χ2v) is 4.41. The largest absolute Gasteiger partial charge is 0.380 e. The summed E-state index contributed by atoms with van der Waals surface area (Å²) in [6, 6.07) is 10.5. The Morgan fingerprint density at radius 2 is 1.71 bits per heavy atom. The lowest BCUT2D eigenvalue weighted by Gasteiger charge is -2.11. The summed E-state index contributed by atoms with van der Waals surface area (Å²) in [7, 11) is 0. The first-order valence-electron chi connectivity index (χ1n) is 5.88. The van der Waals surface area contributed by atoms with Gasteiger partial charge in [-0.05, 0) is 49.6 Å². The predicted octanol–water partition coefficient (Wildman–Crippen LogP) is 3.62. The summed E-state index contributed by atoms with van der Waals surface area (Å²) in [4.78, 5) is 4.27. The molecule has 1 N–H and O–H groups in total. The van der Waals surface area contributed by atoms with Crippen molar-refractivity contribution in [1.82, 2.24) is 4.98 Å². The van der Waals surface area contributed by atoms with Crippen LogP contribution < -0.4 is 5.32 Å². The Hall–Kier alpha value is -1.83. The second-order valence-electron chi connectivity index (χ2n) is 4.41. The monoisotopic (exact) mass is 226 g/mol. The molecule has 2 rings (SSSR count). The minimum absolute atomic E-state index is 0.850. The number of nitrogens with one attached hydrogen (secondary N) is 1. The zero-order valence-electron chi connectivity index (χ0n) is 10.6. The molecule has 0 radical (unpaired) electrons. The minimum Gasteiger partial charge on any atom is -0.380 e. The molecular formula is C15H18N2. The van der Waals surface area contributed by atoms with Crippen LogP contribution in [0.1, 0.15) is 22.4 Å². The first-order valence-corrected chi connectivity index (χ1v) is 5.88. The van der Waals surface area contributed by atoms with E-state index in [4.69, 9.17) is 0 Å². The summed E-state index contributed by atoms with van der Waals surface area (Å²) in [6.07, 6.45) is 1.88. The van der Waals surface area contributed by atoms with Crippen LogP contribution in [0.5, 0.6) is 0 Å². The van der Waals surface area contributed by atoms with Gasteiger partial charge in [0.1, 0.15) is 0 Å². The summed E-state index contributed by atoms with van der Waals surface area (Å²) >= 11 is 0. The summed E-state index contributed by atoms with van der Waals surface area (Å²) in [5, 5.41) is 3.41. The van der Waals surface area contributed by atoms with E-state index in [1.54, 1.807) is 0 Å². The summed E-state index contributed by atoms with van der Waals surface area (Å²) in [6.45, 7) is 7.15. The number of anilines is 1. The van der Waals surface area contributed by atoms with Crippen molar-refractivity contribution in [2.75, 3.05) is 5.32 Å². The van der Waals surface area contributed by atoms with E-state index in [1.165, 1.54) is 16.7 Å². The molecule has 17 heavy (non-hydrogen) atoms. The standard InChI is InChI=1S/C15H18N2/c1-11-5-4-6-12(2)15(11)10-17-14-8-7-13(3)16-9-14/h4-9,17H,10H2,1-3H3. The van der Waals surface area contributed by atoms with E-state index in [1.807, 2.05) is 19.2 Å². The fraction of sp³-hybridized carbons (Fsp3) is 0.267. The van der Waals surface area contributed by atoms with Crippen LogP contribution in [0.25, 0.3) is 0 Å². The molecule has 0 aliphatic heterocycles. The van der Waals surface area contributed by atoms with E-state index in [-0.39, 0.29) is 0 Å². The molecule has 0 aliphatic rings. The molecule has 88 valence electrons. The first-order chi connectivity index (χ1) is 8.16. The molecule has 0 atom stereocenters. The number of aromatic nitrogens is 1. The summed E-state index contributed by atoms with van der Waals surface area (Å²) in [5.41, 5.74) is 6.14. The third kappa shape index (κ3) is 2.84. The molecule has 2 heteroatoms. The zero-order chi connectivity index (χ0) is 12.3. The molecule has 0 unspecified atom stereocenters. The molecule has 1 aromatic heterocycles. The Labute approximate surface area is 103 Å². The highest BCUT2D eigenvalue weighted by atomic mass is 14.9. The van der Waals surface area contributed by atoms with Crippen molar-refractivity contribution in [3.05, 3.63) is 58.9 Å². The molecule has 0 spiro atoms. The number of rotatable bonds is 3. The average Bonchev–Trinajstić information content (AvgIpc) is 2.31. The average molecular weight is 226 g/mol. The van der Waals surface area contributed by atoms with Crippen molar-refractivity contribution in [2.45, 2.75) is 27.3 Å². The first kappa shape index (κ1) is 11.6. The van der Waals surface area contributed by atoms with Gasteiger partial charge in [0.15, 0.2) is 0 Å². The highest BCUT2D eigenvalue weighted by molar-refractivity contribution is 5.43. The van der Waals surface area contributed by atoms with Gasteiger partial charge in [0.25, 0.3) is 0 Å². The Balaban J connectivity index is 2.10. The maximum atomic E-state index is 4.27. The van der Waals surface area contributed by atoms with Crippen LogP contribution in [0.4, 0.5) is 5.69 Å². The van der Waals surface area contributed by atoms with Crippen LogP contribution in [0.15, 0.2) is 36.5 Å². The summed E-state index contributed by atoms with van der Waals surface area (Å²) in [5.74, 6) is 0. The SMILES string of the molecule is Cc1ccc(NCc2c(C)cccc2C)cn1. The van der Waals surface area contributed by atoms with Gasteiger partial charge >= 0.3 is 0 Å². The van der Waals surface area contributed by atoms with Gasteiger partial charge in [0.05, 0.1) is 11.9 Å². The molecule has 2 nitrogen and oxygen atoms in total. The predicted molar refractivity (Wildman–Crippen MR) is 72.2 cm³/mol. The van der Waals surface area contributed by atoms with Crippen molar-refractivity contribution in [3.63, 3.8) is 0 Å². The van der Waals surface area contributed by atoms with E-state index in [0.717, 1.165) is 17.9 Å². The Morgan fingerprint density at radius 1 is 1.00 bits per heavy atom. The quantitative estimate of drug-likeness (QED) is 0.864. The van der Waals surface area contributed by atoms with E-state index < -0.39 is 0 Å². The van der Waals surface area contributed by atoms with Crippen molar-refractivity contribution < 1.29 is 0 Å².